The van der Waals surface area contributed by atoms with Crippen LogP contribution in [0.5, 0.6) is 0 Å². The van der Waals surface area contributed by atoms with Gasteiger partial charge in [0, 0.05) is 29.9 Å². The van der Waals surface area contributed by atoms with Gasteiger partial charge in [0.05, 0.1) is 11.4 Å². The van der Waals surface area contributed by atoms with Crippen molar-refractivity contribution in [2.24, 2.45) is 0 Å². The molecule has 0 fully saturated rings. The first-order valence-corrected chi connectivity index (χ1v) is 8.37. The number of likely N-dealkylation sites (N-methyl/N-ethyl adjacent to an activating group) is 1. The summed E-state index contributed by atoms with van der Waals surface area (Å²) in [5, 5.41) is 2.50. The molecule has 3 heterocycles. The van der Waals surface area contributed by atoms with Gasteiger partial charge in [-0.05, 0) is 35.9 Å². The van der Waals surface area contributed by atoms with Crippen molar-refractivity contribution in [3.8, 4) is 0 Å². The highest BCUT2D eigenvalue weighted by atomic mass is 16.3. The van der Waals surface area contributed by atoms with Gasteiger partial charge in [-0.25, -0.2) is 0 Å². The third kappa shape index (κ3) is 1.34. The second kappa shape index (κ2) is 4.12. The van der Waals surface area contributed by atoms with Crippen molar-refractivity contribution >= 4 is 39.0 Å². The topological polar surface area (TPSA) is 19.6 Å². The molecule has 0 N–H and O–H groups in total. The predicted octanol–water partition coefficient (Wildman–Crippen LogP) is 5.06. The summed E-state index contributed by atoms with van der Waals surface area (Å²) < 4.78 is 6.06. The Balaban J connectivity index is 1.68. The number of nitrogens with zero attached hydrogens (tertiary/aromatic N) is 2. The lowest BCUT2D eigenvalue weighted by atomic mass is 10.0. The molecule has 0 bridgehead atoms. The van der Waals surface area contributed by atoms with Gasteiger partial charge in [-0.3, -0.25) is 0 Å². The molecule has 2 aliphatic heterocycles. The number of fused-ring (bicyclic) bond motifs is 9. The fourth-order valence-electron chi connectivity index (χ4n) is 4.47. The molecule has 0 radical (unpaired) electrons. The third-order valence-electron chi connectivity index (χ3n) is 5.54. The summed E-state index contributed by atoms with van der Waals surface area (Å²) >= 11 is 0. The standard InChI is InChI=1S/C21H16N2O/c1-22-16-7-3-4-8-17(16)23-15-10-11-19-21(14(15)12-20(22)23)13-6-2-5-9-18(13)24-19/h2-11,20H,12H2,1H3. The van der Waals surface area contributed by atoms with Crippen LogP contribution in [0, 0.1) is 0 Å². The summed E-state index contributed by atoms with van der Waals surface area (Å²) in [6, 6.07) is 21.4. The van der Waals surface area contributed by atoms with E-state index in [1.165, 1.54) is 33.4 Å². The Morgan fingerprint density at radius 3 is 2.54 bits per heavy atom. The van der Waals surface area contributed by atoms with Crippen molar-refractivity contribution in [3.05, 3.63) is 66.2 Å². The first-order chi connectivity index (χ1) is 11.8. The monoisotopic (exact) mass is 312 g/mol. The Bertz CT molecular complexity index is 1130. The second-order valence-corrected chi connectivity index (χ2v) is 6.69. The summed E-state index contributed by atoms with van der Waals surface area (Å²) in [7, 11) is 2.19. The molecule has 1 atom stereocenters. The molecule has 1 unspecified atom stereocenters. The zero-order valence-electron chi connectivity index (χ0n) is 13.4. The quantitative estimate of drug-likeness (QED) is 0.453. The van der Waals surface area contributed by atoms with Crippen molar-refractivity contribution in [1.82, 2.24) is 0 Å². The van der Waals surface area contributed by atoms with Crippen LogP contribution >= 0.6 is 0 Å². The van der Waals surface area contributed by atoms with E-state index in [-0.39, 0.29) is 0 Å². The average molecular weight is 312 g/mol. The van der Waals surface area contributed by atoms with Gasteiger partial charge in [0.25, 0.3) is 0 Å². The molecular formula is C21H16N2O. The van der Waals surface area contributed by atoms with Gasteiger partial charge in [-0.2, -0.15) is 0 Å². The summed E-state index contributed by atoms with van der Waals surface area (Å²) in [5.41, 5.74) is 7.30. The number of hydrogen-bond acceptors (Lipinski definition) is 3. The van der Waals surface area contributed by atoms with E-state index in [2.05, 4.69) is 71.4 Å². The molecule has 1 aromatic heterocycles. The minimum Gasteiger partial charge on any atom is -0.456 e. The maximum absolute atomic E-state index is 6.06. The van der Waals surface area contributed by atoms with Crippen LogP contribution in [0.3, 0.4) is 0 Å². The normalized spacial score (nSPS) is 18.3. The first kappa shape index (κ1) is 12.5. The lowest BCUT2D eigenvalue weighted by molar-refractivity contribution is 0.668. The smallest absolute Gasteiger partial charge is 0.135 e. The molecule has 6 rings (SSSR count). The second-order valence-electron chi connectivity index (χ2n) is 6.69. The number of furan rings is 1. The Morgan fingerprint density at radius 2 is 1.62 bits per heavy atom. The maximum Gasteiger partial charge on any atom is 0.135 e. The molecule has 3 aromatic carbocycles. The van der Waals surface area contributed by atoms with Gasteiger partial charge in [-0.15, -0.1) is 0 Å². The molecule has 0 amide bonds. The molecule has 4 aromatic rings. The van der Waals surface area contributed by atoms with Crippen LogP contribution in [-0.4, -0.2) is 13.2 Å². The molecule has 0 saturated heterocycles. The highest BCUT2D eigenvalue weighted by Gasteiger charge is 2.41. The van der Waals surface area contributed by atoms with Crippen molar-refractivity contribution in [2.75, 3.05) is 16.8 Å². The Morgan fingerprint density at radius 1 is 0.833 bits per heavy atom. The van der Waals surface area contributed by atoms with Crippen molar-refractivity contribution in [1.29, 1.82) is 0 Å². The van der Waals surface area contributed by atoms with Gasteiger partial charge >= 0.3 is 0 Å². The van der Waals surface area contributed by atoms with E-state index in [1.807, 2.05) is 6.07 Å². The molecule has 3 nitrogen and oxygen atoms in total. The average Bonchev–Trinajstić information content (AvgIpc) is 3.25. The Kier molecular flexibility index (Phi) is 2.14. The minimum atomic E-state index is 0.358. The van der Waals surface area contributed by atoms with Crippen molar-refractivity contribution in [2.45, 2.75) is 12.6 Å². The molecule has 0 saturated carbocycles. The van der Waals surface area contributed by atoms with E-state index < -0.39 is 0 Å². The molecule has 3 heteroatoms. The molecule has 0 spiro atoms. The van der Waals surface area contributed by atoms with Crippen LogP contribution in [0.1, 0.15) is 5.56 Å². The van der Waals surface area contributed by atoms with Gasteiger partial charge in [0.2, 0.25) is 0 Å². The molecule has 116 valence electrons. The van der Waals surface area contributed by atoms with Gasteiger partial charge in [0.1, 0.15) is 17.3 Å². The number of rotatable bonds is 0. The number of anilines is 3. The summed E-state index contributed by atoms with van der Waals surface area (Å²) in [6.07, 6.45) is 1.37. The van der Waals surface area contributed by atoms with E-state index in [0.717, 1.165) is 17.6 Å². The summed E-state index contributed by atoms with van der Waals surface area (Å²) in [4.78, 5) is 4.87. The molecule has 2 aliphatic rings. The van der Waals surface area contributed by atoms with Crippen LogP contribution in [0.25, 0.3) is 21.9 Å². The van der Waals surface area contributed by atoms with E-state index >= 15 is 0 Å². The van der Waals surface area contributed by atoms with Crippen molar-refractivity contribution in [3.63, 3.8) is 0 Å². The SMILES string of the molecule is CN1c2ccccc2N2c3ccc4oc5ccccc5c4c3CC12. The Labute approximate surface area is 139 Å². The summed E-state index contributed by atoms with van der Waals surface area (Å²) in [6.45, 7) is 0. The predicted molar refractivity (Wildman–Crippen MR) is 98.2 cm³/mol. The fourth-order valence-corrected chi connectivity index (χ4v) is 4.47. The van der Waals surface area contributed by atoms with Crippen LogP contribution in [0.4, 0.5) is 17.1 Å². The first-order valence-electron chi connectivity index (χ1n) is 8.37. The highest BCUT2D eigenvalue weighted by Crippen LogP contribution is 2.51. The fraction of sp³-hybridized carbons (Fsp3) is 0.143. The van der Waals surface area contributed by atoms with E-state index in [1.54, 1.807) is 0 Å². The minimum absolute atomic E-state index is 0.358. The van der Waals surface area contributed by atoms with Crippen molar-refractivity contribution < 1.29 is 4.42 Å². The maximum atomic E-state index is 6.06. The largest absolute Gasteiger partial charge is 0.456 e. The number of benzene rings is 3. The van der Waals surface area contributed by atoms with E-state index in [4.69, 9.17) is 4.42 Å². The van der Waals surface area contributed by atoms with E-state index in [0.29, 0.717) is 6.17 Å². The molecule has 24 heavy (non-hydrogen) atoms. The van der Waals surface area contributed by atoms with Crippen LogP contribution in [0.15, 0.2) is 65.1 Å². The van der Waals surface area contributed by atoms with Gasteiger partial charge < -0.3 is 14.2 Å². The van der Waals surface area contributed by atoms with Gasteiger partial charge in [0.15, 0.2) is 0 Å². The molecular weight excluding hydrogens is 296 g/mol. The van der Waals surface area contributed by atoms with E-state index in [9.17, 15) is 0 Å². The number of hydrogen-bond donors (Lipinski definition) is 0. The lowest BCUT2D eigenvalue weighted by Crippen LogP contribution is -2.35. The van der Waals surface area contributed by atoms with Crippen LogP contribution in [0.2, 0.25) is 0 Å². The zero-order chi connectivity index (χ0) is 15.8. The zero-order valence-corrected chi connectivity index (χ0v) is 13.4. The number of para-hydroxylation sites is 3. The molecule has 0 aliphatic carbocycles. The Hall–Kier alpha value is -2.94. The lowest BCUT2D eigenvalue weighted by Gasteiger charge is -2.23. The third-order valence-corrected chi connectivity index (χ3v) is 5.54. The van der Waals surface area contributed by atoms with Crippen LogP contribution in [-0.2, 0) is 6.42 Å². The summed E-state index contributed by atoms with van der Waals surface area (Å²) in [5.74, 6) is 0. The van der Waals surface area contributed by atoms with Gasteiger partial charge in [-0.1, -0.05) is 30.3 Å². The highest BCUT2D eigenvalue weighted by molar-refractivity contribution is 6.10. The van der Waals surface area contributed by atoms with Crippen LogP contribution < -0.4 is 9.80 Å².